The normalized spacial score (nSPS) is 12.5. The molecule has 0 saturated heterocycles. The smallest absolute Gasteiger partial charge is 0.312 e. The maximum Gasteiger partial charge on any atom is 0.312 e. The van der Waals surface area contributed by atoms with Gasteiger partial charge in [-0.15, -0.1) is 0 Å². The van der Waals surface area contributed by atoms with Gasteiger partial charge in [-0.25, -0.2) is 4.79 Å². The molecule has 0 aliphatic rings. The number of hydrogen-bond acceptors (Lipinski definition) is 4. The number of esters is 1. The molecule has 0 heterocycles. The Morgan fingerprint density at radius 1 is 1.04 bits per heavy atom. The van der Waals surface area contributed by atoms with E-state index in [0.717, 1.165) is 0 Å². The van der Waals surface area contributed by atoms with Gasteiger partial charge in [-0.3, -0.25) is 9.59 Å². The van der Waals surface area contributed by atoms with Crippen molar-refractivity contribution in [2.24, 2.45) is 5.73 Å². The average Bonchev–Trinajstić information content (AvgIpc) is 2.66. The SMILES string of the molecule is CN(C)C(=O)[C@@H](OC(=O)C[C@@H](NC(N)=O)c1ccc(Cl)cc1)c1ccccc1. The van der Waals surface area contributed by atoms with Gasteiger partial charge in [0.25, 0.3) is 5.91 Å². The second-order valence-electron chi connectivity index (χ2n) is 6.33. The minimum Gasteiger partial charge on any atom is -0.447 e. The number of urea groups is 1. The number of nitrogens with zero attached hydrogens (tertiary/aromatic N) is 1. The van der Waals surface area contributed by atoms with Crippen molar-refractivity contribution in [2.45, 2.75) is 18.6 Å². The highest BCUT2D eigenvalue weighted by Gasteiger charge is 2.28. The molecule has 3 N–H and O–H groups in total. The second kappa shape index (κ2) is 9.75. The zero-order chi connectivity index (χ0) is 20.7. The maximum absolute atomic E-state index is 12.6. The summed E-state index contributed by atoms with van der Waals surface area (Å²) in [5.41, 5.74) is 6.42. The van der Waals surface area contributed by atoms with Crippen LogP contribution in [-0.4, -0.2) is 36.9 Å². The Morgan fingerprint density at radius 3 is 2.18 bits per heavy atom. The number of carbonyl (C=O) groups is 3. The van der Waals surface area contributed by atoms with Crippen molar-refractivity contribution < 1.29 is 19.1 Å². The topological polar surface area (TPSA) is 102 Å². The van der Waals surface area contributed by atoms with Gasteiger partial charge in [-0.2, -0.15) is 0 Å². The van der Waals surface area contributed by atoms with Gasteiger partial charge in [0.2, 0.25) is 6.10 Å². The largest absolute Gasteiger partial charge is 0.447 e. The van der Waals surface area contributed by atoms with Crippen LogP contribution in [0.5, 0.6) is 0 Å². The van der Waals surface area contributed by atoms with E-state index in [0.29, 0.717) is 16.1 Å². The fraction of sp³-hybridized carbons (Fsp3) is 0.250. The number of benzene rings is 2. The molecule has 148 valence electrons. The van der Waals surface area contributed by atoms with Gasteiger partial charge in [-0.05, 0) is 17.7 Å². The molecule has 28 heavy (non-hydrogen) atoms. The van der Waals surface area contributed by atoms with Gasteiger partial charge in [0, 0.05) is 24.7 Å². The standard InChI is InChI=1S/C20H22ClN3O4/c1-24(2)19(26)18(14-6-4-3-5-7-14)28-17(25)12-16(23-20(22)27)13-8-10-15(21)11-9-13/h3-11,16,18H,12H2,1-2H3,(H3,22,23,27)/t16-,18+/m1/s1. The Balaban J connectivity index is 2.19. The molecule has 2 aromatic rings. The minimum absolute atomic E-state index is 0.200. The van der Waals surface area contributed by atoms with Crippen LogP contribution in [0.1, 0.15) is 29.7 Å². The summed E-state index contributed by atoms with van der Waals surface area (Å²) in [4.78, 5) is 37.8. The van der Waals surface area contributed by atoms with Gasteiger partial charge >= 0.3 is 12.0 Å². The number of likely N-dealkylation sites (N-methyl/N-ethyl adjacent to an activating group) is 1. The molecule has 2 atom stereocenters. The summed E-state index contributed by atoms with van der Waals surface area (Å²) < 4.78 is 5.47. The molecular weight excluding hydrogens is 382 g/mol. The third-order valence-electron chi connectivity index (χ3n) is 3.98. The van der Waals surface area contributed by atoms with Crippen LogP contribution in [0.2, 0.25) is 5.02 Å². The highest BCUT2D eigenvalue weighted by Crippen LogP contribution is 2.24. The molecule has 0 saturated carbocycles. The zero-order valence-corrected chi connectivity index (χ0v) is 16.3. The number of nitrogens with one attached hydrogen (secondary N) is 1. The Kier molecular flexibility index (Phi) is 7.40. The summed E-state index contributed by atoms with van der Waals surface area (Å²) in [6, 6.07) is 13.9. The Hall–Kier alpha value is -3.06. The van der Waals surface area contributed by atoms with E-state index in [2.05, 4.69) is 5.32 Å². The molecule has 2 aromatic carbocycles. The minimum atomic E-state index is -1.08. The summed E-state index contributed by atoms with van der Waals surface area (Å²) in [6.45, 7) is 0. The number of hydrogen-bond donors (Lipinski definition) is 2. The van der Waals surface area contributed by atoms with Crippen LogP contribution < -0.4 is 11.1 Å². The van der Waals surface area contributed by atoms with Gasteiger partial charge < -0.3 is 20.7 Å². The van der Waals surface area contributed by atoms with Crippen LogP contribution in [0, 0.1) is 0 Å². The van der Waals surface area contributed by atoms with Crippen molar-refractivity contribution in [1.82, 2.24) is 10.2 Å². The number of amides is 3. The first-order chi connectivity index (χ1) is 13.3. The molecule has 0 aromatic heterocycles. The molecule has 8 heteroatoms. The molecule has 0 spiro atoms. The van der Waals surface area contributed by atoms with E-state index in [4.69, 9.17) is 22.1 Å². The van der Waals surface area contributed by atoms with Crippen LogP contribution in [0.4, 0.5) is 4.79 Å². The van der Waals surface area contributed by atoms with E-state index >= 15 is 0 Å². The van der Waals surface area contributed by atoms with Crippen molar-refractivity contribution in [3.63, 3.8) is 0 Å². The predicted molar refractivity (Wildman–Crippen MR) is 105 cm³/mol. The van der Waals surface area contributed by atoms with Gasteiger partial charge in [0.1, 0.15) is 0 Å². The molecule has 0 aliphatic heterocycles. The summed E-state index contributed by atoms with van der Waals surface area (Å²) in [7, 11) is 3.16. The number of carbonyl (C=O) groups excluding carboxylic acids is 3. The van der Waals surface area contributed by atoms with Gasteiger partial charge in [0.05, 0.1) is 12.5 Å². The summed E-state index contributed by atoms with van der Waals surface area (Å²) in [6.07, 6.45) is -1.28. The van der Waals surface area contributed by atoms with Crippen LogP contribution >= 0.6 is 11.6 Å². The van der Waals surface area contributed by atoms with E-state index < -0.39 is 24.1 Å². The fourth-order valence-electron chi connectivity index (χ4n) is 2.59. The van der Waals surface area contributed by atoms with Crippen LogP contribution in [0.25, 0.3) is 0 Å². The molecule has 7 nitrogen and oxygen atoms in total. The molecule has 0 bridgehead atoms. The van der Waals surface area contributed by atoms with E-state index in [1.807, 2.05) is 0 Å². The lowest BCUT2D eigenvalue weighted by atomic mass is 10.0. The molecule has 0 radical (unpaired) electrons. The summed E-state index contributed by atoms with van der Waals surface area (Å²) in [5.74, 6) is -1.02. The second-order valence-corrected chi connectivity index (χ2v) is 6.77. The molecule has 3 amide bonds. The first-order valence-corrected chi connectivity index (χ1v) is 8.92. The Morgan fingerprint density at radius 2 is 1.64 bits per heavy atom. The first-order valence-electron chi connectivity index (χ1n) is 8.55. The van der Waals surface area contributed by atoms with E-state index in [9.17, 15) is 14.4 Å². The highest BCUT2D eigenvalue weighted by molar-refractivity contribution is 6.30. The van der Waals surface area contributed by atoms with E-state index in [-0.39, 0.29) is 12.3 Å². The lowest BCUT2D eigenvalue weighted by Gasteiger charge is -2.23. The number of ether oxygens (including phenoxy) is 1. The van der Waals surface area contributed by atoms with Crippen molar-refractivity contribution in [3.05, 3.63) is 70.7 Å². The van der Waals surface area contributed by atoms with E-state index in [1.165, 1.54) is 4.90 Å². The number of halogens is 1. The molecule has 0 aliphatic carbocycles. The highest BCUT2D eigenvalue weighted by atomic mass is 35.5. The lowest BCUT2D eigenvalue weighted by molar-refractivity contribution is -0.160. The van der Waals surface area contributed by atoms with Gasteiger partial charge in [-0.1, -0.05) is 54.1 Å². The molecule has 0 fully saturated rings. The number of rotatable bonds is 7. The molecule has 2 rings (SSSR count). The number of nitrogens with two attached hydrogens (primary N) is 1. The first kappa shape index (κ1) is 21.2. The van der Waals surface area contributed by atoms with Crippen LogP contribution in [-0.2, 0) is 14.3 Å². The predicted octanol–water partition coefficient (Wildman–Crippen LogP) is 2.81. The van der Waals surface area contributed by atoms with Crippen molar-refractivity contribution >= 4 is 29.5 Å². The lowest BCUT2D eigenvalue weighted by Crippen LogP contribution is -2.36. The van der Waals surface area contributed by atoms with Gasteiger partial charge in [0.15, 0.2) is 0 Å². The molecular formula is C20H22ClN3O4. The Labute approximate surface area is 168 Å². The average molecular weight is 404 g/mol. The maximum atomic E-state index is 12.6. The Bertz CT molecular complexity index is 825. The zero-order valence-electron chi connectivity index (χ0n) is 15.6. The van der Waals surface area contributed by atoms with Crippen LogP contribution in [0.3, 0.4) is 0 Å². The quantitative estimate of drug-likeness (QED) is 0.694. The van der Waals surface area contributed by atoms with E-state index in [1.54, 1.807) is 68.7 Å². The fourth-order valence-corrected chi connectivity index (χ4v) is 2.71. The third-order valence-corrected chi connectivity index (χ3v) is 4.23. The number of primary amides is 1. The summed E-state index contributed by atoms with van der Waals surface area (Å²) in [5, 5.41) is 3.03. The third kappa shape index (κ3) is 5.99. The monoisotopic (exact) mass is 403 g/mol. The van der Waals surface area contributed by atoms with Crippen molar-refractivity contribution in [1.29, 1.82) is 0 Å². The van der Waals surface area contributed by atoms with Crippen molar-refractivity contribution in [2.75, 3.05) is 14.1 Å². The van der Waals surface area contributed by atoms with Crippen molar-refractivity contribution in [3.8, 4) is 0 Å². The van der Waals surface area contributed by atoms with Crippen LogP contribution in [0.15, 0.2) is 54.6 Å². The summed E-state index contributed by atoms with van der Waals surface area (Å²) >= 11 is 5.88. The molecule has 0 unspecified atom stereocenters.